The normalized spacial score (nSPS) is 15.9. The largest absolute Gasteiger partial charge is 0.350 e. The number of benzene rings is 2. The van der Waals surface area contributed by atoms with Crippen molar-refractivity contribution in [1.29, 1.82) is 0 Å². The van der Waals surface area contributed by atoms with Gasteiger partial charge >= 0.3 is 0 Å². The summed E-state index contributed by atoms with van der Waals surface area (Å²) in [6.45, 7) is -0.142. The number of fused-ring (bicyclic) bond motifs is 1. The Morgan fingerprint density at radius 1 is 1.08 bits per heavy atom. The van der Waals surface area contributed by atoms with Crippen LogP contribution < -0.4 is 10.6 Å². The molecule has 1 aliphatic rings. The van der Waals surface area contributed by atoms with E-state index in [4.69, 9.17) is 0 Å². The van der Waals surface area contributed by atoms with Gasteiger partial charge in [-0.2, -0.15) is 0 Å². The highest BCUT2D eigenvalue weighted by atomic mass is 35.5. The van der Waals surface area contributed by atoms with E-state index < -0.39 is 47.3 Å². The second-order valence-corrected chi connectivity index (χ2v) is 5.57. The summed E-state index contributed by atoms with van der Waals surface area (Å²) in [5, 5.41) is 5.34. The van der Waals surface area contributed by atoms with Crippen LogP contribution in [0.3, 0.4) is 0 Å². The van der Waals surface area contributed by atoms with Crippen LogP contribution in [0.4, 0.5) is 17.6 Å². The maximum atomic E-state index is 13.6. The summed E-state index contributed by atoms with van der Waals surface area (Å²) < 4.78 is 53.5. The van der Waals surface area contributed by atoms with Crippen LogP contribution in [0, 0.1) is 23.3 Å². The topological polar surface area (TPSA) is 41.1 Å². The van der Waals surface area contributed by atoms with Crippen LogP contribution in [0.1, 0.15) is 16.7 Å². The number of nitrogens with one attached hydrogen (secondary N) is 2. The molecule has 1 heterocycles. The molecule has 3 rings (SSSR count). The van der Waals surface area contributed by atoms with E-state index in [1.807, 2.05) is 24.3 Å². The molecule has 8 heteroatoms. The van der Waals surface area contributed by atoms with Crippen LogP contribution in [-0.4, -0.2) is 11.9 Å². The van der Waals surface area contributed by atoms with E-state index in [1.165, 1.54) is 0 Å². The molecule has 0 saturated carbocycles. The molecule has 3 nitrogen and oxygen atoms in total. The number of hydrogen-bond acceptors (Lipinski definition) is 2. The minimum Gasteiger partial charge on any atom is -0.350 e. The first-order chi connectivity index (χ1) is 11.5. The molecular formula is C17H15ClF4N2O. The summed E-state index contributed by atoms with van der Waals surface area (Å²) in [5.41, 5.74) is 1.24. The van der Waals surface area contributed by atoms with Crippen LogP contribution in [-0.2, 0) is 24.3 Å². The first-order valence-electron chi connectivity index (χ1n) is 7.37. The number of carbonyl (C=O) groups is 1. The number of rotatable bonds is 3. The van der Waals surface area contributed by atoms with Gasteiger partial charge in [0.1, 0.15) is 0 Å². The second kappa shape index (κ2) is 7.84. The van der Waals surface area contributed by atoms with E-state index in [-0.39, 0.29) is 18.5 Å². The molecule has 1 aliphatic heterocycles. The molecule has 1 unspecified atom stereocenters. The van der Waals surface area contributed by atoms with Crippen molar-refractivity contribution in [3.63, 3.8) is 0 Å². The van der Waals surface area contributed by atoms with Crippen molar-refractivity contribution in [2.45, 2.75) is 25.6 Å². The molecule has 1 amide bonds. The van der Waals surface area contributed by atoms with Crippen LogP contribution in [0.15, 0.2) is 30.3 Å². The summed E-state index contributed by atoms with van der Waals surface area (Å²) in [7, 11) is 0. The third kappa shape index (κ3) is 3.93. The first kappa shape index (κ1) is 19.2. The summed E-state index contributed by atoms with van der Waals surface area (Å²) in [4.78, 5) is 12.2. The van der Waals surface area contributed by atoms with Gasteiger partial charge in [0.15, 0.2) is 23.3 Å². The van der Waals surface area contributed by atoms with Gasteiger partial charge in [-0.3, -0.25) is 4.79 Å². The van der Waals surface area contributed by atoms with Crippen molar-refractivity contribution in [3.05, 3.63) is 70.3 Å². The molecule has 1 atom stereocenters. The lowest BCUT2D eigenvalue weighted by Gasteiger charge is -2.25. The summed E-state index contributed by atoms with van der Waals surface area (Å²) in [5.74, 6) is -6.49. The number of carbonyl (C=O) groups excluding carboxylic acids is 1. The lowest BCUT2D eigenvalue weighted by molar-refractivity contribution is -0.123. The minimum absolute atomic E-state index is 0. The lowest BCUT2D eigenvalue weighted by Crippen LogP contribution is -2.47. The summed E-state index contributed by atoms with van der Waals surface area (Å²) >= 11 is 0. The van der Waals surface area contributed by atoms with E-state index in [2.05, 4.69) is 10.6 Å². The Labute approximate surface area is 147 Å². The predicted molar refractivity (Wildman–Crippen MR) is 86.1 cm³/mol. The molecule has 0 spiro atoms. The van der Waals surface area contributed by atoms with E-state index >= 15 is 0 Å². The standard InChI is InChI=1S/C17H14F4N2O.ClH/c18-12-6-13(19)16(21)11(15(12)20)8-23-17(24)14-5-9-3-1-2-4-10(9)7-22-14;/h1-4,6,14,22H,5,7-8H2,(H,23,24);1H. The molecule has 0 bridgehead atoms. The highest BCUT2D eigenvalue weighted by Crippen LogP contribution is 2.20. The van der Waals surface area contributed by atoms with E-state index in [0.29, 0.717) is 13.0 Å². The monoisotopic (exact) mass is 374 g/mol. The fourth-order valence-corrected chi connectivity index (χ4v) is 2.72. The summed E-state index contributed by atoms with van der Waals surface area (Å²) in [6, 6.07) is 7.15. The van der Waals surface area contributed by atoms with Gasteiger partial charge in [-0.15, -0.1) is 12.4 Å². The van der Waals surface area contributed by atoms with Gasteiger partial charge in [-0.25, -0.2) is 17.6 Å². The van der Waals surface area contributed by atoms with Gasteiger partial charge in [-0.05, 0) is 17.5 Å². The van der Waals surface area contributed by atoms with Gasteiger partial charge in [-0.1, -0.05) is 24.3 Å². The maximum absolute atomic E-state index is 13.6. The quantitative estimate of drug-likeness (QED) is 0.640. The molecule has 0 aromatic heterocycles. The van der Waals surface area contributed by atoms with Crippen molar-refractivity contribution < 1.29 is 22.4 Å². The molecule has 134 valence electrons. The molecular weight excluding hydrogens is 360 g/mol. The SMILES string of the molecule is Cl.O=C(NCc1c(F)c(F)cc(F)c1F)C1Cc2ccccc2CN1. The lowest BCUT2D eigenvalue weighted by atomic mass is 9.95. The van der Waals surface area contributed by atoms with Gasteiger partial charge in [0.2, 0.25) is 5.91 Å². The zero-order valence-corrected chi connectivity index (χ0v) is 13.7. The molecule has 25 heavy (non-hydrogen) atoms. The highest BCUT2D eigenvalue weighted by molar-refractivity contribution is 5.85. The minimum atomic E-state index is -1.50. The van der Waals surface area contributed by atoms with Gasteiger partial charge in [0, 0.05) is 24.7 Å². The van der Waals surface area contributed by atoms with Crippen molar-refractivity contribution in [2.75, 3.05) is 0 Å². The molecule has 2 aromatic rings. The maximum Gasteiger partial charge on any atom is 0.237 e. The first-order valence-corrected chi connectivity index (χ1v) is 7.37. The van der Waals surface area contributed by atoms with Crippen LogP contribution in [0.2, 0.25) is 0 Å². The van der Waals surface area contributed by atoms with Crippen molar-refractivity contribution in [2.24, 2.45) is 0 Å². The van der Waals surface area contributed by atoms with Crippen LogP contribution in [0.5, 0.6) is 0 Å². The summed E-state index contributed by atoms with van der Waals surface area (Å²) in [6.07, 6.45) is 0.421. The van der Waals surface area contributed by atoms with E-state index in [9.17, 15) is 22.4 Å². The third-order valence-electron chi connectivity index (χ3n) is 4.04. The number of amides is 1. The molecule has 0 radical (unpaired) electrons. The van der Waals surface area contributed by atoms with E-state index in [1.54, 1.807) is 0 Å². The van der Waals surface area contributed by atoms with E-state index in [0.717, 1.165) is 11.1 Å². The fourth-order valence-electron chi connectivity index (χ4n) is 2.72. The Bertz CT molecular complexity index is 774. The number of halogens is 5. The number of hydrogen-bond donors (Lipinski definition) is 2. The molecule has 0 fully saturated rings. The predicted octanol–water partition coefficient (Wildman–Crippen LogP) is 3.00. The van der Waals surface area contributed by atoms with Crippen molar-refractivity contribution in [3.8, 4) is 0 Å². The smallest absolute Gasteiger partial charge is 0.237 e. The van der Waals surface area contributed by atoms with Gasteiger partial charge in [0.25, 0.3) is 0 Å². The Hall–Kier alpha value is -2.12. The third-order valence-corrected chi connectivity index (χ3v) is 4.04. The Balaban J connectivity index is 0.00000225. The zero-order chi connectivity index (χ0) is 17.3. The molecule has 0 aliphatic carbocycles. The highest BCUT2D eigenvalue weighted by Gasteiger charge is 2.25. The van der Waals surface area contributed by atoms with Crippen LogP contribution in [0.25, 0.3) is 0 Å². The van der Waals surface area contributed by atoms with Gasteiger partial charge < -0.3 is 10.6 Å². The Morgan fingerprint density at radius 3 is 2.32 bits per heavy atom. The molecule has 2 aromatic carbocycles. The fraction of sp³-hybridized carbons (Fsp3) is 0.235. The second-order valence-electron chi connectivity index (χ2n) is 5.57. The average molecular weight is 375 g/mol. The molecule has 0 saturated heterocycles. The van der Waals surface area contributed by atoms with Crippen LogP contribution >= 0.6 is 12.4 Å². The van der Waals surface area contributed by atoms with Crippen molar-refractivity contribution in [1.82, 2.24) is 10.6 Å². The zero-order valence-electron chi connectivity index (χ0n) is 12.9. The molecule has 2 N–H and O–H groups in total. The Morgan fingerprint density at radius 2 is 1.68 bits per heavy atom. The Kier molecular flexibility index (Phi) is 6.02. The average Bonchev–Trinajstić information content (AvgIpc) is 2.59. The van der Waals surface area contributed by atoms with Gasteiger partial charge in [0.05, 0.1) is 6.04 Å². The van der Waals surface area contributed by atoms with Crippen molar-refractivity contribution >= 4 is 18.3 Å².